The maximum Gasteiger partial charge on any atom is 0.242 e. The summed E-state index contributed by atoms with van der Waals surface area (Å²) in [6.45, 7) is 4.11. The van der Waals surface area contributed by atoms with Crippen molar-refractivity contribution in [3.63, 3.8) is 0 Å². The van der Waals surface area contributed by atoms with Crippen LogP contribution in [0.5, 0.6) is 0 Å². The van der Waals surface area contributed by atoms with Crippen LogP contribution in [-0.2, 0) is 4.79 Å². The summed E-state index contributed by atoms with van der Waals surface area (Å²) in [5.74, 6) is -0.534. The predicted molar refractivity (Wildman–Crippen MR) is 117 cm³/mol. The van der Waals surface area contributed by atoms with E-state index in [4.69, 9.17) is 0 Å². The van der Waals surface area contributed by atoms with E-state index in [-0.39, 0.29) is 11.7 Å². The van der Waals surface area contributed by atoms with E-state index in [1.807, 2.05) is 30.3 Å². The van der Waals surface area contributed by atoms with Crippen LogP contribution in [0.1, 0.15) is 21.3 Å². The van der Waals surface area contributed by atoms with Gasteiger partial charge in [-0.15, -0.1) is 11.3 Å². The molecule has 2 heterocycles. The monoisotopic (exact) mass is 423 g/mol. The third kappa shape index (κ3) is 4.16. The van der Waals surface area contributed by atoms with Crippen LogP contribution in [0.3, 0.4) is 0 Å². The van der Waals surface area contributed by atoms with Crippen LogP contribution in [0.2, 0.25) is 0 Å². The minimum absolute atomic E-state index is 0.191. The first-order valence-corrected chi connectivity index (χ1v) is 10.7. The molecule has 0 saturated carbocycles. The molecule has 146 valence electrons. The molecule has 1 N–H and O–H groups in total. The number of rotatable bonds is 5. The Hall–Kier alpha value is -2.77. The van der Waals surface area contributed by atoms with Gasteiger partial charge in [0, 0.05) is 16.0 Å². The number of aromatic nitrogens is 2. The fourth-order valence-corrected chi connectivity index (χ4v) is 5.21. The summed E-state index contributed by atoms with van der Waals surface area (Å²) >= 11 is 3.03. The molecule has 0 radical (unpaired) electrons. The average molecular weight is 424 g/mol. The average Bonchev–Trinajstić information content (AvgIpc) is 3.03. The molecule has 4 aromatic rings. The van der Waals surface area contributed by atoms with Crippen molar-refractivity contribution < 1.29 is 9.18 Å². The fourth-order valence-electron chi connectivity index (χ4n) is 2.99. The van der Waals surface area contributed by atoms with Gasteiger partial charge in [-0.25, -0.2) is 14.4 Å². The first-order chi connectivity index (χ1) is 14.0. The molecule has 7 heteroatoms. The van der Waals surface area contributed by atoms with Gasteiger partial charge in [0.05, 0.1) is 0 Å². The smallest absolute Gasteiger partial charge is 0.242 e. The highest BCUT2D eigenvalue weighted by molar-refractivity contribution is 8.00. The minimum atomic E-state index is -0.515. The number of carbonyl (C=O) groups excluding carboxylic acids is 1. The molecule has 0 saturated heterocycles. The Morgan fingerprint density at radius 3 is 2.52 bits per heavy atom. The third-order valence-electron chi connectivity index (χ3n) is 4.61. The zero-order chi connectivity index (χ0) is 20.4. The van der Waals surface area contributed by atoms with Gasteiger partial charge in [-0.1, -0.05) is 42.1 Å². The predicted octanol–water partition coefficient (Wildman–Crippen LogP) is 5.92. The number of nitrogens with zero attached hydrogens (tertiary/aromatic N) is 2. The summed E-state index contributed by atoms with van der Waals surface area (Å²) in [6, 6.07) is 15.3. The minimum Gasteiger partial charge on any atom is -0.325 e. The number of thioether (sulfide) groups is 1. The van der Waals surface area contributed by atoms with Crippen molar-refractivity contribution in [1.82, 2.24) is 9.97 Å². The maximum absolute atomic E-state index is 13.2. The van der Waals surface area contributed by atoms with Gasteiger partial charge in [0.25, 0.3) is 0 Å². The van der Waals surface area contributed by atoms with Crippen LogP contribution in [0.25, 0.3) is 10.2 Å². The van der Waals surface area contributed by atoms with E-state index in [0.29, 0.717) is 5.69 Å². The zero-order valence-corrected chi connectivity index (χ0v) is 17.5. The summed E-state index contributed by atoms with van der Waals surface area (Å²) in [5.41, 5.74) is 2.56. The summed E-state index contributed by atoms with van der Waals surface area (Å²) in [4.78, 5) is 24.1. The van der Waals surface area contributed by atoms with E-state index in [2.05, 4.69) is 29.1 Å². The Morgan fingerprint density at radius 2 is 1.79 bits per heavy atom. The van der Waals surface area contributed by atoms with E-state index in [0.717, 1.165) is 26.4 Å². The van der Waals surface area contributed by atoms with Crippen LogP contribution >= 0.6 is 23.1 Å². The number of thiophene rings is 1. The molecule has 0 fully saturated rings. The lowest BCUT2D eigenvalue weighted by atomic mass is 10.1. The summed E-state index contributed by atoms with van der Waals surface area (Å²) in [5, 5.41) is 4.15. The van der Waals surface area contributed by atoms with Gasteiger partial charge in [0.2, 0.25) is 5.91 Å². The van der Waals surface area contributed by atoms with Crippen molar-refractivity contribution in [2.45, 2.75) is 24.1 Å². The van der Waals surface area contributed by atoms with E-state index in [9.17, 15) is 9.18 Å². The maximum atomic E-state index is 13.2. The van der Waals surface area contributed by atoms with Crippen molar-refractivity contribution in [3.05, 3.63) is 82.7 Å². The van der Waals surface area contributed by atoms with Crippen molar-refractivity contribution in [1.29, 1.82) is 0 Å². The van der Waals surface area contributed by atoms with E-state index in [1.165, 1.54) is 28.8 Å². The van der Waals surface area contributed by atoms with Gasteiger partial charge in [-0.3, -0.25) is 4.79 Å². The first kappa shape index (κ1) is 19.5. The summed E-state index contributed by atoms with van der Waals surface area (Å²) in [6.07, 6.45) is 1.54. The topological polar surface area (TPSA) is 54.9 Å². The standard InChI is InChI=1S/C22H18FN3OS2/c1-13-14(2)28-21-18(13)22(25-12-24-21)29-19(15-6-4-3-5-7-15)20(27)26-17-10-8-16(23)9-11-17/h3-12,19H,1-2H3,(H,26,27). The molecule has 4 rings (SSSR count). The molecule has 0 aliphatic carbocycles. The molecule has 4 nitrogen and oxygen atoms in total. The van der Waals surface area contributed by atoms with Crippen LogP contribution in [0, 0.1) is 19.7 Å². The van der Waals surface area contributed by atoms with Crippen LogP contribution in [0.4, 0.5) is 10.1 Å². The number of nitrogens with one attached hydrogen (secondary N) is 1. The van der Waals surface area contributed by atoms with Gasteiger partial charge in [-0.2, -0.15) is 0 Å². The Balaban J connectivity index is 1.70. The molecule has 0 spiro atoms. The van der Waals surface area contributed by atoms with Gasteiger partial charge in [0.1, 0.15) is 27.3 Å². The van der Waals surface area contributed by atoms with Crippen molar-refractivity contribution in [2.24, 2.45) is 0 Å². The molecule has 1 unspecified atom stereocenters. The van der Waals surface area contributed by atoms with Crippen LogP contribution < -0.4 is 5.32 Å². The molecule has 2 aromatic heterocycles. The lowest BCUT2D eigenvalue weighted by Crippen LogP contribution is -2.19. The molecule has 29 heavy (non-hydrogen) atoms. The van der Waals surface area contributed by atoms with E-state index < -0.39 is 5.25 Å². The Kier molecular flexibility index (Phi) is 5.60. The third-order valence-corrected chi connectivity index (χ3v) is 6.98. The first-order valence-electron chi connectivity index (χ1n) is 9.01. The largest absolute Gasteiger partial charge is 0.325 e. The molecule has 2 aromatic carbocycles. The summed E-state index contributed by atoms with van der Waals surface area (Å²) < 4.78 is 13.2. The van der Waals surface area contributed by atoms with Crippen LogP contribution in [-0.4, -0.2) is 15.9 Å². The summed E-state index contributed by atoms with van der Waals surface area (Å²) in [7, 11) is 0. The molecule has 0 bridgehead atoms. The van der Waals surface area contributed by atoms with Gasteiger partial charge >= 0.3 is 0 Å². The Labute approximate surface area is 176 Å². The molecule has 0 aliphatic heterocycles. The second-order valence-electron chi connectivity index (χ2n) is 6.55. The number of anilines is 1. The highest BCUT2D eigenvalue weighted by Gasteiger charge is 2.25. The van der Waals surface area contributed by atoms with Gasteiger partial charge in [0.15, 0.2) is 0 Å². The zero-order valence-electron chi connectivity index (χ0n) is 15.8. The fraction of sp³-hybridized carbons (Fsp3) is 0.136. The van der Waals surface area contributed by atoms with Gasteiger partial charge in [-0.05, 0) is 49.2 Å². The second kappa shape index (κ2) is 8.31. The normalized spacial score (nSPS) is 12.1. The lowest BCUT2D eigenvalue weighted by Gasteiger charge is -2.17. The number of carbonyl (C=O) groups is 1. The SMILES string of the molecule is Cc1sc2ncnc(SC(C(=O)Nc3ccc(F)cc3)c3ccccc3)c2c1C. The molecule has 1 amide bonds. The highest BCUT2D eigenvalue weighted by atomic mass is 32.2. The molecular formula is C22H18FN3OS2. The van der Waals surface area contributed by atoms with Crippen molar-refractivity contribution >= 4 is 44.9 Å². The Morgan fingerprint density at radius 1 is 1.07 bits per heavy atom. The Bertz CT molecular complexity index is 1160. The highest BCUT2D eigenvalue weighted by Crippen LogP contribution is 2.41. The molecule has 1 atom stereocenters. The number of amides is 1. The second-order valence-corrected chi connectivity index (χ2v) is 8.84. The van der Waals surface area contributed by atoms with E-state index >= 15 is 0 Å². The number of aryl methyl sites for hydroxylation is 2. The number of hydrogen-bond acceptors (Lipinski definition) is 5. The molecular weight excluding hydrogens is 405 g/mol. The molecule has 0 aliphatic rings. The number of fused-ring (bicyclic) bond motifs is 1. The lowest BCUT2D eigenvalue weighted by molar-refractivity contribution is -0.115. The van der Waals surface area contributed by atoms with Gasteiger partial charge < -0.3 is 5.32 Å². The van der Waals surface area contributed by atoms with Crippen molar-refractivity contribution in [2.75, 3.05) is 5.32 Å². The number of halogens is 1. The van der Waals surface area contributed by atoms with E-state index in [1.54, 1.807) is 29.8 Å². The van der Waals surface area contributed by atoms with Crippen molar-refractivity contribution in [3.8, 4) is 0 Å². The van der Waals surface area contributed by atoms with Crippen LogP contribution in [0.15, 0.2) is 66.0 Å². The number of benzene rings is 2. The quantitative estimate of drug-likeness (QED) is 0.320. The number of hydrogen-bond donors (Lipinski definition) is 1.